The van der Waals surface area contributed by atoms with Crippen molar-refractivity contribution in [3.63, 3.8) is 0 Å². The van der Waals surface area contributed by atoms with Crippen LogP contribution >= 0.6 is 23.2 Å². The van der Waals surface area contributed by atoms with Gasteiger partial charge in [-0.15, -0.1) is 0 Å². The van der Waals surface area contributed by atoms with Gasteiger partial charge in [0.05, 0.1) is 27.9 Å². The van der Waals surface area contributed by atoms with E-state index in [9.17, 15) is 22.6 Å². The van der Waals surface area contributed by atoms with Crippen molar-refractivity contribution in [3.05, 3.63) is 50.6 Å². The predicted octanol–water partition coefficient (Wildman–Crippen LogP) is 4.89. The van der Waals surface area contributed by atoms with Crippen LogP contribution in [0.2, 0.25) is 10.0 Å². The minimum Gasteiger partial charge on any atom is -0.271 e. The van der Waals surface area contributed by atoms with Gasteiger partial charge >= 0.3 is 6.18 Å². The van der Waals surface area contributed by atoms with Gasteiger partial charge in [0.25, 0.3) is 0 Å². The zero-order valence-electron chi connectivity index (χ0n) is 14.6. The summed E-state index contributed by atoms with van der Waals surface area (Å²) in [6, 6.07) is 4.75. The van der Waals surface area contributed by atoms with Gasteiger partial charge in [0.15, 0.2) is 5.69 Å². The normalized spacial score (nSPS) is 17.8. The number of halogens is 5. The van der Waals surface area contributed by atoms with Crippen LogP contribution in [0.15, 0.2) is 29.3 Å². The van der Waals surface area contributed by atoms with Gasteiger partial charge in [-0.2, -0.15) is 23.5 Å². The maximum atomic E-state index is 13.0. The van der Waals surface area contributed by atoms with Crippen LogP contribution in [-0.4, -0.2) is 26.3 Å². The third-order valence-corrected chi connectivity index (χ3v) is 6.38. The van der Waals surface area contributed by atoms with Crippen LogP contribution in [0.25, 0.3) is 5.69 Å². The molecule has 1 aromatic carbocycles. The number of anilines is 1. The van der Waals surface area contributed by atoms with Gasteiger partial charge in [-0.1, -0.05) is 34.3 Å². The molecular weight excluding hydrogens is 436 g/mol. The first-order valence-corrected chi connectivity index (χ1v) is 9.94. The molecule has 0 radical (unpaired) electrons. The molecule has 0 spiro atoms. The van der Waals surface area contributed by atoms with Gasteiger partial charge in [-0.3, -0.25) is 4.31 Å². The highest BCUT2D eigenvalue weighted by molar-refractivity contribution is 7.86. The topological polar surface area (TPSA) is 61.9 Å². The molecule has 0 fully saturated rings. The molecule has 0 amide bonds. The Kier molecular flexibility index (Phi) is 5.49. The molecule has 0 aliphatic carbocycles. The molecule has 0 saturated heterocycles. The molecule has 2 aromatic rings. The Morgan fingerprint density at radius 3 is 2.32 bits per heavy atom. The lowest BCUT2D eigenvalue weighted by Gasteiger charge is -2.29. The van der Waals surface area contributed by atoms with Crippen LogP contribution in [0.4, 0.5) is 19.0 Å². The van der Waals surface area contributed by atoms with E-state index in [0.29, 0.717) is 12.3 Å². The molecule has 28 heavy (non-hydrogen) atoms. The summed E-state index contributed by atoms with van der Waals surface area (Å²) in [7, 11) is -1.45. The van der Waals surface area contributed by atoms with Crippen LogP contribution in [0.3, 0.4) is 0 Å². The van der Waals surface area contributed by atoms with Crippen LogP contribution in [0, 0.1) is 11.3 Å². The maximum Gasteiger partial charge on any atom is 0.416 e. The van der Waals surface area contributed by atoms with Crippen molar-refractivity contribution in [3.8, 4) is 11.8 Å². The second-order valence-electron chi connectivity index (χ2n) is 6.26. The first-order valence-electron chi connectivity index (χ1n) is 7.91. The van der Waals surface area contributed by atoms with E-state index < -0.39 is 22.7 Å². The molecule has 0 bridgehead atoms. The molecule has 148 valence electrons. The molecule has 11 heteroatoms. The average Bonchev–Trinajstić information content (AvgIpc) is 3.00. The average molecular weight is 449 g/mol. The Morgan fingerprint density at radius 1 is 1.18 bits per heavy atom. The molecule has 1 atom stereocenters. The number of benzene rings is 1. The first kappa shape index (κ1) is 20.7. The summed E-state index contributed by atoms with van der Waals surface area (Å²) in [5.74, 6) is 0.554. The highest BCUT2D eigenvalue weighted by Crippen LogP contribution is 2.39. The fourth-order valence-corrected chi connectivity index (χ4v) is 4.79. The summed E-state index contributed by atoms with van der Waals surface area (Å²) in [5.41, 5.74) is 0.954. The standard InChI is InChI=1S/C17H13Cl2F3N4OS/c1-9-7-25(28(27)8-10(9)2)15-5-12(6-23)24-26(15)16-13(18)3-11(4-14(16)19)17(20,21)22/h3-5H,7-8H2,1-2H3. The van der Waals surface area contributed by atoms with Gasteiger partial charge in [0, 0.05) is 6.07 Å². The Bertz CT molecular complexity index is 1030. The van der Waals surface area contributed by atoms with E-state index in [4.69, 9.17) is 23.2 Å². The van der Waals surface area contributed by atoms with E-state index in [1.54, 1.807) is 0 Å². The van der Waals surface area contributed by atoms with Gasteiger partial charge < -0.3 is 0 Å². The largest absolute Gasteiger partial charge is 0.416 e. The van der Waals surface area contributed by atoms with E-state index in [-0.39, 0.29) is 27.2 Å². The van der Waals surface area contributed by atoms with E-state index in [2.05, 4.69) is 5.10 Å². The Morgan fingerprint density at radius 2 is 1.79 bits per heavy atom. The van der Waals surface area contributed by atoms with Crippen molar-refractivity contribution < 1.29 is 17.4 Å². The SMILES string of the molecule is CC1=C(C)CS(=O)N(c2cc(C#N)nn2-c2c(Cl)cc(C(F)(F)F)cc2Cl)C1. The van der Waals surface area contributed by atoms with Crippen LogP contribution in [0.1, 0.15) is 25.1 Å². The molecule has 3 rings (SSSR count). The van der Waals surface area contributed by atoms with Gasteiger partial charge in [0.2, 0.25) is 0 Å². The first-order chi connectivity index (χ1) is 13.0. The minimum absolute atomic E-state index is 0.0111. The summed E-state index contributed by atoms with van der Waals surface area (Å²) in [6.07, 6.45) is -4.62. The van der Waals surface area contributed by atoms with Gasteiger partial charge in [0.1, 0.15) is 28.6 Å². The molecule has 5 nitrogen and oxygen atoms in total. The third-order valence-electron chi connectivity index (χ3n) is 4.31. The summed E-state index contributed by atoms with van der Waals surface area (Å²) in [5, 5.41) is 12.7. The van der Waals surface area contributed by atoms with Crippen LogP contribution < -0.4 is 4.31 Å². The van der Waals surface area contributed by atoms with E-state index >= 15 is 0 Å². The lowest BCUT2D eigenvalue weighted by atomic mass is 10.2. The number of hydrogen-bond donors (Lipinski definition) is 0. The summed E-state index contributed by atoms with van der Waals surface area (Å²) in [6.45, 7) is 4.08. The third kappa shape index (κ3) is 3.77. The quantitative estimate of drug-likeness (QED) is 0.614. The van der Waals surface area contributed by atoms with Crippen molar-refractivity contribution in [1.82, 2.24) is 9.78 Å². The zero-order chi connectivity index (χ0) is 20.8. The van der Waals surface area contributed by atoms with Crippen molar-refractivity contribution in [2.75, 3.05) is 16.6 Å². The van der Waals surface area contributed by atoms with E-state index in [1.807, 2.05) is 19.9 Å². The molecule has 0 N–H and O–H groups in total. The Balaban J connectivity index is 2.19. The van der Waals surface area contributed by atoms with E-state index in [1.165, 1.54) is 10.4 Å². The number of rotatable bonds is 2. The molecule has 1 aliphatic heterocycles. The smallest absolute Gasteiger partial charge is 0.271 e. The Labute approximate surface area is 171 Å². The molecule has 1 unspecified atom stereocenters. The number of nitrogens with zero attached hydrogens (tertiary/aromatic N) is 4. The maximum absolute atomic E-state index is 13.0. The molecule has 0 saturated carbocycles. The highest BCUT2D eigenvalue weighted by Gasteiger charge is 2.33. The fourth-order valence-electron chi connectivity index (χ4n) is 2.69. The molecule has 1 aliphatic rings. The van der Waals surface area contributed by atoms with Crippen LogP contribution in [-0.2, 0) is 17.2 Å². The fraction of sp³-hybridized carbons (Fsp3) is 0.294. The predicted molar refractivity (Wildman–Crippen MR) is 102 cm³/mol. The summed E-state index contributed by atoms with van der Waals surface area (Å²) >= 11 is 12.2. The summed E-state index contributed by atoms with van der Waals surface area (Å²) in [4.78, 5) is 0. The minimum atomic E-state index is -4.62. The Hall–Kier alpha value is -2.02. The second kappa shape index (κ2) is 7.43. The van der Waals surface area contributed by atoms with Crippen molar-refractivity contribution in [2.24, 2.45) is 0 Å². The molecular formula is C17H13Cl2F3N4OS. The number of alkyl halides is 3. The highest BCUT2D eigenvalue weighted by atomic mass is 35.5. The second-order valence-corrected chi connectivity index (χ2v) is 8.45. The lowest BCUT2D eigenvalue weighted by Crippen LogP contribution is -2.35. The van der Waals surface area contributed by atoms with Crippen molar-refractivity contribution >= 4 is 40.0 Å². The molecule has 2 heterocycles. The van der Waals surface area contributed by atoms with Gasteiger partial charge in [-0.25, -0.2) is 8.89 Å². The number of hydrogen-bond acceptors (Lipinski definition) is 3. The van der Waals surface area contributed by atoms with Gasteiger partial charge in [-0.05, 0) is 26.0 Å². The molecule has 1 aromatic heterocycles. The van der Waals surface area contributed by atoms with E-state index in [0.717, 1.165) is 28.0 Å². The van der Waals surface area contributed by atoms with Crippen LogP contribution in [0.5, 0.6) is 0 Å². The van der Waals surface area contributed by atoms with Crippen molar-refractivity contribution in [1.29, 1.82) is 5.26 Å². The number of nitriles is 1. The monoisotopic (exact) mass is 448 g/mol. The lowest BCUT2D eigenvalue weighted by molar-refractivity contribution is -0.137. The number of aromatic nitrogens is 2. The summed E-state index contributed by atoms with van der Waals surface area (Å²) < 4.78 is 54.3. The zero-order valence-corrected chi connectivity index (χ0v) is 17.0. The van der Waals surface area contributed by atoms with Crippen molar-refractivity contribution in [2.45, 2.75) is 20.0 Å².